The fourth-order valence-electron chi connectivity index (χ4n) is 2.87. The minimum absolute atomic E-state index is 0.0236. The van der Waals surface area contributed by atoms with Gasteiger partial charge in [-0.15, -0.1) is 0 Å². The number of carbonyl (C=O) groups is 1. The van der Waals surface area contributed by atoms with Gasteiger partial charge in [-0.3, -0.25) is 4.79 Å². The van der Waals surface area contributed by atoms with E-state index in [4.69, 9.17) is 9.15 Å². The van der Waals surface area contributed by atoms with Gasteiger partial charge in [0.25, 0.3) is 5.91 Å². The van der Waals surface area contributed by atoms with Crippen molar-refractivity contribution in [2.75, 3.05) is 13.2 Å². The zero-order chi connectivity index (χ0) is 13.6. The first-order chi connectivity index (χ1) is 9.06. The Kier molecular flexibility index (Phi) is 3.09. The first-order valence-electron chi connectivity index (χ1n) is 6.93. The number of aromatic nitrogens is 1. The molecule has 0 aliphatic carbocycles. The third kappa shape index (κ3) is 2.16. The van der Waals surface area contributed by atoms with Crippen molar-refractivity contribution in [3.8, 4) is 0 Å². The van der Waals surface area contributed by atoms with Crippen LogP contribution < -0.4 is 0 Å². The van der Waals surface area contributed by atoms with E-state index < -0.39 is 0 Å². The second kappa shape index (κ2) is 4.63. The number of morpholine rings is 1. The van der Waals surface area contributed by atoms with Crippen LogP contribution in [0.5, 0.6) is 0 Å². The Morgan fingerprint density at radius 3 is 2.68 bits per heavy atom. The van der Waals surface area contributed by atoms with E-state index in [1.165, 1.54) is 0 Å². The summed E-state index contributed by atoms with van der Waals surface area (Å²) in [7, 11) is 0. The third-order valence-electron chi connectivity index (χ3n) is 3.80. The van der Waals surface area contributed by atoms with Gasteiger partial charge in [-0.2, -0.15) is 0 Å². The highest BCUT2D eigenvalue weighted by Gasteiger charge is 2.46. The lowest BCUT2D eigenvalue weighted by molar-refractivity contribution is -0.105. The van der Waals surface area contributed by atoms with E-state index in [1.54, 1.807) is 0 Å². The number of nitrogens with zero attached hydrogens (tertiary/aromatic N) is 2. The van der Waals surface area contributed by atoms with Gasteiger partial charge in [0.1, 0.15) is 0 Å². The van der Waals surface area contributed by atoms with Gasteiger partial charge in [0.15, 0.2) is 5.89 Å². The lowest BCUT2D eigenvalue weighted by Crippen LogP contribution is -2.65. The van der Waals surface area contributed by atoms with Crippen LogP contribution in [0.4, 0.5) is 0 Å². The molecule has 19 heavy (non-hydrogen) atoms. The maximum atomic E-state index is 12.5. The molecular weight excluding hydrogens is 244 g/mol. The topological polar surface area (TPSA) is 55.6 Å². The van der Waals surface area contributed by atoms with Crippen molar-refractivity contribution >= 4 is 5.91 Å². The minimum Gasteiger partial charge on any atom is -0.435 e. The van der Waals surface area contributed by atoms with E-state index in [9.17, 15) is 4.79 Å². The quantitative estimate of drug-likeness (QED) is 0.835. The van der Waals surface area contributed by atoms with E-state index in [2.05, 4.69) is 18.8 Å². The van der Waals surface area contributed by atoms with Crippen LogP contribution in [0.2, 0.25) is 0 Å². The molecule has 0 radical (unpaired) electrons. The molecule has 1 aromatic heterocycles. The largest absolute Gasteiger partial charge is 0.435 e. The molecule has 3 heterocycles. The molecule has 1 aromatic rings. The number of aryl methyl sites for hydroxylation is 1. The Morgan fingerprint density at radius 1 is 1.42 bits per heavy atom. The lowest BCUT2D eigenvalue weighted by Gasteiger charge is -2.51. The molecule has 5 nitrogen and oxygen atoms in total. The van der Waals surface area contributed by atoms with Gasteiger partial charge < -0.3 is 14.1 Å². The van der Waals surface area contributed by atoms with Gasteiger partial charge in [0, 0.05) is 6.42 Å². The van der Waals surface area contributed by atoms with Gasteiger partial charge in [-0.05, 0) is 19.3 Å². The standard InChI is InChI=1S/C14H20N2O3/c1-8(2)4-12-15-9(3)13(19-12)14(17)16-10-5-11(16)7-18-6-10/h8,10-11H,4-7H2,1-3H3. The van der Waals surface area contributed by atoms with E-state index in [0.717, 1.165) is 12.8 Å². The molecule has 2 aliphatic rings. The molecule has 0 aromatic carbocycles. The first-order valence-corrected chi connectivity index (χ1v) is 6.93. The molecule has 0 saturated carbocycles. The molecule has 1 amide bonds. The smallest absolute Gasteiger partial charge is 0.292 e. The van der Waals surface area contributed by atoms with Crippen molar-refractivity contribution in [1.29, 1.82) is 0 Å². The van der Waals surface area contributed by atoms with Crippen LogP contribution in [0.25, 0.3) is 0 Å². The van der Waals surface area contributed by atoms with Crippen molar-refractivity contribution in [3.05, 3.63) is 17.3 Å². The van der Waals surface area contributed by atoms with E-state index in [-0.39, 0.29) is 18.0 Å². The molecule has 0 spiro atoms. The number of hydrogen-bond donors (Lipinski definition) is 0. The van der Waals surface area contributed by atoms with Gasteiger partial charge >= 0.3 is 0 Å². The highest BCUT2D eigenvalue weighted by molar-refractivity contribution is 5.93. The number of ether oxygens (including phenoxy) is 1. The first kappa shape index (κ1) is 12.7. The average Bonchev–Trinajstić information content (AvgIpc) is 2.70. The van der Waals surface area contributed by atoms with Crippen molar-refractivity contribution in [1.82, 2.24) is 9.88 Å². The fraction of sp³-hybridized carbons (Fsp3) is 0.714. The SMILES string of the molecule is Cc1nc(CC(C)C)oc1C(=O)N1C2COCC1C2. The molecule has 5 heteroatoms. The zero-order valence-electron chi connectivity index (χ0n) is 11.7. The molecule has 104 valence electrons. The van der Waals surface area contributed by atoms with Crippen LogP contribution in [0.15, 0.2) is 4.42 Å². The summed E-state index contributed by atoms with van der Waals surface area (Å²) in [5.41, 5.74) is 0.701. The van der Waals surface area contributed by atoms with Crippen LogP contribution >= 0.6 is 0 Å². The number of rotatable bonds is 3. The molecule has 2 saturated heterocycles. The second-order valence-electron chi connectivity index (χ2n) is 5.91. The Morgan fingerprint density at radius 2 is 2.11 bits per heavy atom. The molecule has 2 bridgehead atoms. The highest BCUT2D eigenvalue weighted by Crippen LogP contribution is 2.33. The zero-order valence-corrected chi connectivity index (χ0v) is 11.7. The van der Waals surface area contributed by atoms with Crippen LogP contribution in [-0.4, -0.2) is 41.1 Å². The molecule has 2 aliphatic heterocycles. The van der Waals surface area contributed by atoms with Crippen molar-refractivity contribution in [3.63, 3.8) is 0 Å². The van der Waals surface area contributed by atoms with E-state index in [1.807, 2.05) is 11.8 Å². The molecule has 2 fully saturated rings. The lowest BCUT2D eigenvalue weighted by atomic mass is 9.91. The van der Waals surface area contributed by atoms with Gasteiger partial charge in [-0.25, -0.2) is 4.98 Å². The molecular formula is C14H20N2O3. The summed E-state index contributed by atoms with van der Waals surface area (Å²) in [6, 6.07) is 0.452. The van der Waals surface area contributed by atoms with Gasteiger partial charge in [0.05, 0.1) is 31.0 Å². The number of carbonyl (C=O) groups excluding carboxylic acids is 1. The fourth-order valence-corrected chi connectivity index (χ4v) is 2.87. The maximum absolute atomic E-state index is 12.5. The summed E-state index contributed by atoms with van der Waals surface area (Å²) >= 11 is 0. The van der Waals surface area contributed by atoms with E-state index >= 15 is 0 Å². The average molecular weight is 264 g/mol. The number of fused-ring (bicyclic) bond motifs is 2. The summed E-state index contributed by atoms with van der Waals surface area (Å²) in [6.07, 6.45) is 1.82. The van der Waals surface area contributed by atoms with Crippen molar-refractivity contribution in [2.24, 2.45) is 5.92 Å². The molecule has 2 unspecified atom stereocenters. The predicted molar refractivity (Wildman–Crippen MR) is 69.0 cm³/mol. The number of amides is 1. The Bertz CT molecular complexity index is 481. The van der Waals surface area contributed by atoms with Crippen LogP contribution in [-0.2, 0) is 11.2 Å². The third-order valence-corrected chi connectivity index (χ3v) is 3.80. The van der Waals surface area contributed by atoms with Gasteiger partial charge in [-0.1, -0.05) is 13.8 Å². The monoisotopic (exact) mass is 264 g/mol. The summed E-state index contributed by atoms with van der Waals surface area (Å²) in [6.45, 7) is 7.35. The van der Waals surface area contributed by atoms with Crippen LogP contribution in [0, 0.1) is 12.8 Å². The van der Waals surface area contributed by atoms with Gasteiger partial charge in [0.2, 0.25) is 5.76 Å². The summed E-state index contributed by atoms with van der Waals surface area (Å²) in [5.74, 6) is 1.52. The number of hydrogen-bond acceptors (Lipinski definition) is 4. The van der Waals surface area contributed by atoms with Crippen LogP contribution in [0.1, 0.15) is 42.4 Å². The predicted octanol–water partition coefficient (Wildman–Crippen LogP) is 1.79. The summed E-state index contributed by atoms with van der Waals surface area (Å²) in [5, 5.41) is 0. The molecule has 0 N–H and O–H groups in total. The second-order valence-corrected chi connectivity index (χ2v) is 5.91. The minimum atomic E-state index is -0.0236. The molecule has 2 atom stereocenters. The van der Waals surface area contributed by atoms with Crippen LogP contribution in [0.3, 0.4) is 0 Å². The highest BCUT2D eigenvalue weighted by atomic mass is 16.5. The Balaban J connectivity index is 1.78. The Labute approximate surface area is 112 Å². The van der Waals surface area contributed by atoms with Crippen molar-refractivity contribution < 1.29 is 13.9 Å². The summed E-state index contributed by atoms with van der Waals surface area (Å²) in [4.78, 5) is 18.8. The summed E-state index contributed by atoms with van der Waals surface area (Å²) < 4.78 is 11.1. The van der Waals surface area contributed by atoms with E-state index in [0.29, 0.717) is 36.5 Å². The Hall–Kier alpha value is -1.36. The molecule has 3 rings (SSSR count). The van der Waals surface area contributed by atoms with Crippen molar-refractivity contribution in [2.45, 2.75) is 45.7 Å². The maximum Gasteiger partial charge on any atom is 0.292 e. The number of oxazole rings is 1. The normalized spacial score (nSPS) is 25.6.